The fourth-order valence-corrected chi connectivity index (χ4v) is 3.89. The molecule has 0 spiro atoms. The smallest absolute Gasteiger partial charge is 0.339 e. The Hall–Kier alpha value is -6.12. The van der Waals surface area contributed by atoms with Crippen LogP contribution in [0.1, 0.15) is 38.0 Å². The van der Waals surface area contributed by atoms with Gasteiger partial charge >= 0.3 is 11.9 Å². The minimum Gasteiger partial charge on any atom is -0.507 e. The van der Waals surface area contributed by atoms with Crippen molar-refractivity contribution in [2.75, 3.05) is 6.54 Å². The number of amides is 1. The lowest BCUT2D eigenvalue weighted by atomic mass is 10.1. The summed E-state index contributed by atoms with van der Waals surface area (Å²) in [6.45, 7) is 2.15. The second-order valence-corrected chi connectivity index (χ2v) is 8.60. The number of carbonyl (C=O) groups is 3. The minimum atomic E-state index is -1.28. The maximum absolute atomic E-state index is 12.7. The topological polar surface area (TPSA) is 218 Å². The fourth-order valence-electron chi connectivity index (χ4n) is 3.89. The van der Waals surface area contributed by atoms with Gasteiger partial charge in [-0.25, -0.2) is 23.9 Å². The van der Waals surface area contributed by atoms with E-state index in [1.165, 1.54) is 70.3 Å². The van der Waals surface area contributed by atoms with Gasteiger partial charge in [0.2, 0.25) is 0 Å². The fraction of sp³-hybridized carbons (Fsp3) is 0.0769. The van der Waals surface area contributed by atoms with Crippen molar-refractivity contribution < 1.29 is 34.8 Å². The van der Waals surface area contributed by atoms with E-state index in [0.717, 1.165) is 0 Å². The van der Waals surface area contributed by atoms with Crippen molar-refractivity contribution in [2.24, 2.45) is 0 Å². The highest BCUT2D eigenvalue weighted by Crippen LogP contribution is 2.26. The second-order valence-electron chi connectivity index (χ2n) is 8.60. The normalized spacial score (nSPS) is 10.9. The van der Waals surface area contributed by atoms with Crippen molar-refractivity contribution in [1.29, 1.82) is 0 Å². The number of carbonyl (C=O) groups excluding carboxylic acids is 1. The van der Waals surface area contributed by atoms with Crippen LogP contribution in [-0.4, -0.2) is 79.8 Å². The van der Waals surface area contributed by atoms with Gasteiger partial charge in [-0.3, -0.25) is 4.79 Å². The zero-order chi connectivity index (χ0) is 29.3. The summed E-state index contributed by atoms with van der Waals surface area (Å²) < 4.78 is 2.62. The molecule has 0 aliphatic rings. The third-order valence-corrected chi connectivity index (χ3v) is 5.89. The largest absolute Gasteiger partial charge is 0.507 e. The van der Waals surface area contributed by atoms with Crippen LogP contribution in [0.5, 0.6) is 11.5 Å². The van der Waals surface area contributed by atoms with Gasteiger partial charge in [0.05, 0.1) is 35.2 Å². The Bertz CT molecular complexity index is 1710. The number of aromatic hydroxyl groups is 2. The standard InChI is InChI=1S/C26H20N8O7/c1-2-27-24(37)13-7-18(20-11-33(31-29-20)14-3-5-16(25(38)39)22(35)9-14)28-19(8-13)21-12-34(32-30-21)15-4-6-17(26(40)41)23(36)10-15/h3-12,35-36H,2H2,1H3,(H,27,37)(H,38,39)(H,40,41). The van der Waals surface area contributed by atoms with Gasteiger partial charge < -0.3 is 25.7 Å². The number of nitrogens with zero attached hydrogens (tertiary/aromatic N) is 7. The molecular weight excluding hydrogens is 536 g/mol. The molecule has 15 heteroatoms. The molecule has 206 valence electrons. The van der Waals surface area contributed by atoms with Gasteiger partial charge in [-0.1, -0.05) is 10.4 Å². The highest BCUT2D eigenvalue weighted by atomic mass is 16.4. The van der Waals surface area contributed by atoms with Gasteiger partial charge in [0.15, 0.2) is 0 Å². The summed E-state index contributed by atoms with van der Waals surface area (Å²) in [5, 5.41) is 57.4. The number of carboxylic acids is 2. The lowest BCUT2D eigenvalue weighted by Gasteiger charge is -2.07. The van der Waals surface area contributed by atoms with Crippen molar-refractivity contribution in [2.45, 2.75) is 6.92 Å². The summed E-state index contributed by atoms with van der Waals surface area (Å²) >= 11 is 0. The molecule has 0 fully saturated rings. The van der Waals surface area contributed by atoms with E-state index in [1.54, 1.807) is 6.92 Å². The molecule has 5 N–H and O–H groups in total. The van der Waals surface area contributed by atoms with E-state index in [1.807, 2.05) is 0 Å². The third kappa shape index (κ3) is 5.26. The lowest BCUT2D eigenvalue weighted by Crippen LogP contribution is -2.22. The van der Waals surface area contributed by atoms with E-state index in [4.69, 9.17) is 10.2 Å². The van der Waals surface area contributed by atoms with Gasteiger partial charge in [0.25, 0.3) is 5.91 Å². The minimum absolute atomic E-state index is 0.253. The van der Waals surface area contributed by atoms with Gasteiger partial charge in [0.1, 0.15) is 34.0 Å². The van der Waals surface area contributed by atoms with Crippen molar-refractivity contribution in [1.82, 2.24) is 40.3 Å². The molecule has 0 aliphatic heterocycles. The second kappa shape index (κ2) is 10.6. The summed E-state index contributed by atoms with van der Waals surface area (Å²) in [7, 11) is 0. The zero-order valence-corrected chi connectivity index (χ0v) is 21.1. The molecule has 0 saturated carbocycles. The quantitative estimate of drug-likeness (QED) is 0.186. The first-order valence-electron chi connectivity index (χ1n) is 11.9. The van der Waals surface area contributed by atoms with Crippen LogP contribution >= 0.6 is 0 Å². The first kappa shape index (κ1) is 26.5. The molecule has 0 radical (unpaired) electrons. The predicted octanol–water partition coefficient (Wildman–Crippen LogP) is 2.13. The van der Waals surface area contributed by atoms with E-state index in [-0.39, 0.29) is 45.4 Å². The summed E-state index contributed by atoms with van der Waals surface area (Å²) in [6, 6.07) is 10.9. The molecular formula is C26H20N8O7. The van der Waals surface area contributed by atoms with E-state index >= 15 is 0 Å². The number of aromatic carboxylic acids is 2. The molecule has 41 heavy (non-hydrogen) atoms. The van der Waals surface area contributed by atoms with E-state index in [9.17, 15) is 24.6 Å². The number of carboxylic acid groups (broad SMARTS) is 2. The lowest BCUT2D eigenvalue weighted by molar-refractivity contribution is 0.0682. The number of benzene rings is 2. The molecule has 3 aromatic heterocycles. The van der Waals surface area contributed by atoms with Crippen LogP contribution in [0.15, 0.2) is 60.9 Å². The summed E-state index contributed by atoms with van der Waals surface area (Å²) in [4.78, 5) is 39.7. The average molecular weight is 556 g/mol. The first-order valence-corrected chi connectivity index (χ1v) is 11.9. The number of pyridine rings is 1. The number of nitrogens with one attached hydrogen (secondary N) is 1. The van der Waals surface area contributed by atoms with E-state index in [0.29, 0.717) is 17.9 Å². The van der Waals surface area contributed by atoms with Gasteiger partial charge in [-0.05, 0) is 43.3 Å². The number of hydrogen-bond acceptors (Lipinski definition) is 10. The van der Waals surface area contributed by atoms with Crippen molar-refractivity contribution in [3.8, 4) is 45.6 Å². The Kier molecular flexibility index (Phi) is 6.82. The predicted molar refractivity (Wildman–Crippen MR) is 140 cm³/mol. The number of hydrogen-bond donors (Lipinski definition) is 5. The first-order chi connectivity index (χ1) is 19.6. The van der Waals surface area contributed by atoms with Gasteiger partial charge in [-0.2, -0.15) is 0 Å². The number of aromatic nitrogens is 7. The van der Waals surface area contributed by atoms with Gasteiger partial charge in [0, 0.05) is 24.2 Å². The van der Waals surface area contributed by atoms with Crippen LogP contribution in [0.3, 0.4) is 0 Å². The average Bonchev–Trinajstić information content (AvgIpc) is 3.63. The maximum Gasteiger partial charge on any atom is 0.339 e. The van der Waals surface area contributed by atoms with Crippen molar-refractivity contribution in [3.05, 3.63) is 77.6 Å². The molecule has 5 rings (SSSR count). The Morgan fingerprint density at radius 3 is 1.59 bits per heavy atom. The Balaban J connectivity index is 1.53. The Morgan fingerprint density at radius 1 is 0.732 bits per heavy atom. The molecule has 15 nitrogen and oxygen atoms in total. The Labute approximate surface area is 230 Å². The number of rotatable bonds is 8. The van der Waals surface area contributed by atoms with Crippen molar-refractivity contribution >= 4 is 17.8 Å². The van der Waals surface area contributed by atoms with Crippen molar-refractivity contribution in [3.63, 3.8) is 0 Å². The molecule has 0 unspecified atom stereocenters. The molecule has 3 heterocycles. The van der Waals surface area contributed by atoms with Crippen LogP contribution in [0.25, 0.3) is 34.2 Å². The van der Waals surface area contributed by atoms with Crippen LogP contribution in [0.4, 0.5) is 0 Å². The monoisotopic (exact) mass is 556 g/mol. The molecule has 0 saturated heterocycles. The maximum atomic E-state index is 12.7. The highest BCUT2D eigenvalue weighted by Gasteiger charge is 2.18. The zero-order valence-electron chi connectivity index (χ0n) is 21.1. The van der Waals surface area contributed by atoms with Crippen LogP contribution in [0, 0.1) is 0 Å². The SMILES string of the molecule is CCNC(=O)c1cc(-c2cn(-c3ccc(C(=O)O)c(O)c3)nn2)nc(-c2cn(-c3ccc(C(=O)O)c(O)c3)nn2)c1. The molecule has 0 aliphatic carbocycles. The molecule has 0 bridgehead atoms. The van der Waals surface area contributed by atoms with Gasteiger partial charge in [-0.15, -0.1) is 10.2 Å². The number of phenols is 2. The van der Waals surface area contributed by atoms with E-state index in [2.05, 4.69) is 30.9 Å². The van der Waals surface area contributed by atoms with E-state index < -0.39 is 23.4 Å². The highest BCUT2D eigenvalue weighted by molar-refractivity contribution is 5.96. The van der Waals surface area contributed by atoms with Crippen LogP contribution in [0.2, 0.25) is 0 Å². The molecule has 2 aromatic carbocycles. The molecule has 0 atom stereocenters. The molecule has 1 amide bonds. The summed E-state index contributed by atoms with van der Waals surface area (Å²) in [5.41, 5.74) is 1.45. The third-order valence-electron chi connectivity index (χ3n) is 5.89. The summed E-state index contributed by atoms with van der Waals surface area (Å²) in [6.07, 6.45) is 2.99. The Morgan fingerprint density at radius 2 is 1.20 bits per heavy atom. The van der Waals surface area contributed by atoms with Crippen LogP contribution in [-0.2, 0) is 0 Å². The molecule has 5 aromatic rings. The van der Waals surface area contributed by atoms with Crippen LogP contribution < -0.4 is 5.32 Å². The summed E-state index contributed by atoms with van der Waals surface area (Å²) in [5.74, 6) is -3.82.